The van der Waals surface area contributed by atoms with E-state index in [2.05, 4.69) is 6.92 Å². The molecule has 2 N–H and O–H groups in total. The van der Waals surface area contributed by atoms with Crippen LogP contribution in [0.1, 0.15) is 19.8 Å². The molecule has 70 valence electrons. The first-order chi connectivity index (χ1) is 5.73. The van der Waals surface area contributed by atoms with Crippen LogP contribution in [0.3, 0.4) is 0 Å². The maximum Gasteiger partial charge on any atom is 0.0880 e. The lowest BCUT2D eigenvalue weighted by Gasteiger charge is -2.38. The molecule has 0 bridgehead atoms. The van der Waals surface area contributed by atoms with E-state index in [0.717, 1.165) is 26.1 Å². The Bertz CT molecular complexity index is 170. The molecule has 0 radical (unpaired) electrons. The molecule has 0 saturated carbocycles. The van der Waals surface area contributed by atoms with Gasteiger partial charge in [0.1, 0.15) is 0 Å². The Morgan fingerprint density at radius 1 is 1.42 bits per heavy atom. The SMILES string of the molecule is C[C@@H]1CO[C@]2(CCOC[C@@H]2N)C1. The number of ether oxygens (including phenoxy) is 2. The summed E-state index contributed by atoms with van der Waals surface area (Å²) in [5.74, 6) is 0.661. The summed E-state index contributed by atoms with van der Waals surface area (Å²) in [4.78, 5) is 0. The number of hydrogen-bond acceptors (Lipinski definition) is 3. The van der Waals surface area contributed by atoms with Crippen molar-refractivity contribution in [3.05, 3.63) is 0 Å². The van der Waals surface area contributed by atoms with E-state index in [1.165, 1.54) is 0 Å². The van der Waals surface area contributed by atoms with Gasteiger partial charge in [-0.15, -0.1) is 0 Å². The normalized spacial score (nSPS) is 48.5. The molecule has 0 aromatic carbocycles. The summed E-state index contributed by atoms with van der Waals surface area (Å²) in [6.45, 7) is 4.55. The van der Waals surface area contributed by atoms with Gasteiger partial charge >= 0.3 is 0 Å². The van der Waals surface area contributed by atoms with Crippen molar-refractivity contribution < 1.29 is 9.47 Å². The second kappa shape index (κ2) is 2.98. The number of nitrogens with two attached hydrogens (primary N) is 1. The second-order valence-electron chi connectivity index (χ2n) is 4.12. The van der Waals surface area contributed by atoms with Crippen molar-refractivity contribution >= 4 is 0 Å². The van der Waals surface area contributed by atoms with Gasteiger partial charge in [0.25, 0.3) is 0 Å². The summed E-state index contributed by atoms with van der Waals surface area (Å²) < 4.78 is 11.1. The molecule has 3 nitrogen and oxygen atoms in total. The minimum absolute atomic E-state index is 0.0440. The largest absolute Gasteiger partial charge is 0.380 e. The minimum atomic E-state index is -0.0440. The van der Waals surface area contributed by atoms with Crippen LogP contribution in [0.25, 0.3) is 0 Å². The summed E-state index contributed by atoms with van der Waals surface area (Å²) in [7, 11) is 0. The maximum atomic E-state index is 5.99. The van der Waals surface area contributed by atoms with Crippen molar-refractivity contribution in [3.8, 4) is 0 Å². The zero-order valence-electron chi connectivity index (χ0n) is 7.58. The van der Waals surface area contributed by atoms with Crippen LogP contribution in [-0.4, -0.2) is 31.5 Å². The molecule has 0 amide bonds. The van der Waals surface area contributed by atoms with Gasteiger partial charge in [0.05, 0.1) is 24.9 Å². The number of hydrogen-bond donors (Lipinski definition) is 1. The highest BCUT2D eigenvalue weighted by Gasteiger charge is 2.45. The van der Waals surface area contributed by atoms with Crippen LogP contribution in [0, 0.1) is 5.92 Å². The molecule has 2 rings (SSSR count). The Morgan fingerprint density at radius 2 is 2.25 bits per heavy atom. The molecule has 0 aromatic rings. The quantitative estimate of drug-likeness (QED) is 0.578. The number of rotatable bonds is 0. The fraction of sp³-hybridized carbons (Fsp3) is 1.00. The molecule has 3 heteroatoms. The standard InChI is InChI=1S/C9H17NO2/c1-7-4-9(12-5-7)2-3-11-6-8(9)10/h7-8H,2-6,10H2,1H3/t7-,8-,9+/m0/s1. The lowest BCUT2D eigenvalue weighted by molar-refractivity contribution is -0.0928. The molecule has 1 spiro atoms. The highest BCUT2D eigenvalue weighted by Crippen LogP contribution is 2.36. The first-order valence-electron chi connectivity index (χ1n) is 4.70. The Morgan fingerprint density at radius 3 is 2.83 bits per heavy atom. The van der Waals surface area contributed by atoms with Gasteiger partial charge in [-0.25, -0.2) is 0 Å². The molecule has 2 fully saturated rings. The van der Waals surface area contributed by atoms with Crippen molar-refractivity contribution in [2.45, 2.75) is 31.4 Å². The second-order valence-corrected chi connectivity index (χ2v) is 4.12. The van der Waals surface area contributed by atoms with Crippen molar-refractivity contribution in [3.63, 3.8) is 0 Å². The van der Waals surface area contributed by atoms with Gasteiger partial charge in [0.15, 0.2) is 0 Å². The maximum absolute atomic E-state index is 5.99. The molecule has 2 saturated heterocycles. The Balaban J connectivity index is 2.07. The van der Waals surface area contributed by atoms with Crippen LogP contribution < -0.4 is 5.73 Å². The van der Waals surface area contributed by atoms with Gasteiger partial charge in [-0.2, -0.15) is 0 Å². The highest BCUT2D eigenvalue weighted by atomic mass is 16.5. The van der Waals surface area contributed by atoms with E-state index < -0.39 is 0 Å². The molecule has 0 aromatic heterocycles. The van der Waals surface area contributed by atoms with E-state index >= 15 is 0 Å². The molecule has 2 aliphatic rings. The molecule has 2 aliphatic heterocycles. The smallest absolute Gasteiger partial charge is 0.0880 e. The zero-order valence-corrected chi connectivity index (χ0v) is 7.58. The van der Waals surface area contributed by atoms with Crippen molar-refractivity contribution in [1.82, 2.24) is 0 Å². The van der Waals surface area contributed by atoms with Gasteiger partial charge < -0.3 is 15.2 Å². The van der Waals surface area contributed by atoms with Crippen LogP contribution in [0.4, 0.5) is 0 Å². The Kier molecular flexibility index (Phi) is 2.10. The van der Waals surface area contributed by atoms with Crippen LogP contribution in [-0.2, 0) is 9.47 Å². The monoisotopic (exact) mass is 171 g/mol. The zero-order chi connectivity index (χ0) is 8.60. The lowest BCUT2D eigenvalue weighted by atomic mass is 9.84. The average molecular weight is 171 g/mol. The minimum Gasteiger partial charge on any atom is -0.380 e. The summed E-state index contributed by atoms with van der Waals surface area (Å²) in [6.07, 6.45) is 2.08. The van der Waals surface area contributed by atoms with Crippen LogP contribution in [0.5, 0.6) is 0 Å². The Hall–Kier alpha value is -0.120. The first kappa shape index (κ1) is 8.48. The fourth-order valence-electron chi connectivity index (χ4n) is 2.24. The molecular formula is C9H17NO2. The third-order valence-corrected chi connectivity index (χ3v) is 2.99. The summed E-state index contributed by atoms with van der Waals surface area (Å²) in [5, 5.41) is 0. The van der Waals surface area contributed by atoms with Gasteiger partial charge in [0.2, 0.25) is 0 Å². The third-order valence-electron chi connectivity index (χ3n) is 2.99. The highest BCUT2D eigenvalue weighted by molar-refractivity contribution is 4.98. The van der Waals surface area contributed by atoms with Gasteiger partial charge in [0, 0.05) is 13.0 Å². The lowest BCUT2D eigenvalue weighted by Crippen LogP contribution is -2.54. The molecule has 0 aliphatic carbocycles. The van der Waals surface area contributed by atoms with Crippen molar-refractivity contribution in [2.75, 3.05) is 19.8 Å². The van der Waals surface area contributed by atoms with Crippen molar-refractivity contribution in [2.24, 2.45) is 11.7 Å². The van der Waals surface area contributed by atoms with Gasteiger partial charge in [-0.1, -0.05) is 6.92 Å². The summed E-state index contributed by atoms with van der Waals surface area (Å²) in [5.41, 5.74) is 5.94. The van der Waals surface area contributed by atoms with E-state index in [1.807, 2.05) is 0 Å². The topological polar surface area (TPSA) is 44.5 Å². The van der Waals surface area contributed by atoms with E-state index in [9.17, 15) is 0 Å². The van der Waals surface area contributed by atoms with E-state index in [1.54, 1.807) is 0 Å². The predicted octanol–water partition coefficient (Wildman–Crippen LogP) is 0.529. The van der Waals surface area contributed by atoms with Gasteiger partial charge in [-0.3, -0.25) is 0 Å². The van der Waals surface area contributed by atoms with Crippen molar-refractivity contribution in [1.29, 1.82) is 0 Å². The predicted molar refractivity (Wildman–Crippen MR) is 45.9 cm³/mol. The van der Waals surface area contributed by atoms with Crippen LogP contribution in [0.2, 0.25) is 0 Å². The fourth-order valence-corrected chi connectivity index (χ4v) is 2.24. The van der Waals surface area contributed by atoms with Crippen LogP contribution in [0.15, 0.2) is 0 Å². The van der Waals surface area contributed by atoms with E-state index in [-0.39, 0.29) is 11.6 Å². The molecular weight excluding hydrogens is 154 g/mol. The first-order valence-corrected chi connectivity index (χ1v) is 4.70. The molecule has 0 unspecified atom stereocenters. The average Bonchev–Trinajstić information content (AvgIpc) is 2.41. The van der Waals surface area contributed by atoms with E-state index in [4.69, 9.17) is 15.2 Å². The summed E-state index contributed by atoms with van der Waals surface area (Å²) in [6, 6.07) is 0.0798. The third kappa shape index (κ3) is 1.26. The molecule has 3 atom stereocenters. The van der Waals surface area contributed by atoms with Gasteiger partial charge in [-0.05, 0) is 12.3 Å². The molecule has 2 heterocycles. The summed E-state index contributed by atoms with van der Waals surface area (Å²) >= 11 is 0. The Labute approximate surface area is 73.2 Å². The molecule has 12 heavy (non-hydrogen) atoms. The van der Waals surface area contributed by atoms with E-state index in [0.29, 0.717) is 12.5 Å². The van der Waals surface area contributed by atoms with Crippen LogP contribution >= 0.6 is 0 Å².